The van der Waals surface area contributed by atoms with Gasteiger partial charge in [-0.1, -0.05) is 56.1 Å². The lowest BCUT2D eigenvalue weighted by Gasteiger charge is -2.20. The molecule has 0 unspecified atom stereocenters. The van der Waals surface area contributed by atoms with Crippen LogP contribution in [0.2, 0.25) is 10.0 Å². The van der Waals surface area contributed by atoms with Crippen LogP contribution in [0.3, 0.4) is 0 Å². The fourth-order valence-corrected chi connectivity index (χ4v) is 4.52. The van der Waals surface area contributed by atoms with Crippen LogP contribution >= 0.6 is 23.2 Å². The van der Waals surface area contributed by atoms with Crippen molar-refractivity contribution in [3.05, 3.63) is 92.4 Å². The number of amides is 3. The summed E-state index contributed by atoms with van der Waals surface area (Å²) >= 11 is 12.3. The fraction of sp³-hybridized carbons (Fsp3) is 0.259. The molecule has 0 spiro atoms. The number of hydrogen-bond acceptors (Lipinski definition) is 2. The molecule has 1 fully saturated rings. The topological polar surface area (TPSA) is 54.3 Å². The van der Waals surface area contributed by atoms with Crippen molar-refractivity contribution >= 4 is 41.2 Å². The largest absolute Gasteiger partial charge is 0.329 e. The van der Waals surface area contributed by atoms with E-state index in [4.69, 9.17) is 23.2 Å². The summed E-state index contributed by atoms with van der Waals surface area (Å²) in [4.78, 5) is 26.7. The second-order valence-electron chi connectivity index (χ2n) is 9.57. The van der Waals surface area contributed by atoms with Gasteiger partial charge in [0.05, 0.1) is 6.54 Å². The van der Waals surface area contributed by atoms with Crippen molar-refractivity contribution in [1.29, 1.82) is 0 Å². The summed E-state index contributed by atoms with van der Waals surface area (Å²) in [6.07, 6.45) is 1.72. The van der Waals surface area contributed by atoms with Crippen LogP contribution in [-0.2, 0) is 16.8 Å². The number of nitrogens with one attached hydrogen (secondary N) is 1. The summed E-state index contributed by atoms with van der Waals surface area (Å²) in [5, 5.41) is 3.63. The average Bonchev–Trinajstić information content (AvgIpc) is 3.19. The highest BCUT2D eigenvalue weighted by molar-refractivity contribution is 6.33. The summed E-state index contributed by atoms with van der Waals surface area (Å²) in [5.41, 5.74) is 6.11. The van der Waals surface area contributed by atoms with Gasteiger partial charge in [0.25, 0.3) is 5.91 Å². The number of benzene rings is 2. The number of halogens is 2. The molecule has 1 aromatic heterocycles. The van der Waals surface area contributed by atoms with Gasteiger partial charge in [0.2, 0.25) is 0 Å². The van der Waals surface area contributed by atoms with Gasteiger partial charge >= 0.3 is 6.03 Å². The van der Waals surface area contributed by atoms with Crippen molar-refractivity contribution in [1.82, 2.24) is 14.8 Å². The van der Waals surface area contributed by atoms with Crippen LogP contribution in [0.5, 0.6) is 0 Å². The van der Waals surface area contributed by atoms with E-state index in [1.54, 1.807) is 24.3 Å². The van der Waals surface area contributed by atoms with Crippen molar-refractivity contribution < 1.29 is 9.59 Å². The molecular weight excluding hydrogens is 469 g/mol. The zero-order valence-corrected chi connectivity index (χ0v) is 21.4. The van der Waals surface area contributed by atoms with Crippen LogP contribution in [-0.4, -0.2) is 21.4 Å². The average molecular weight is 496 g/mol. The Morgan fingerprint density at radius 3 is 2.29 bits per heavy atom. The Morgan fingerprint density at radius 1 is 0.971 bits per heavy atom. The maximum absolute atomic E-state index is 13.0. The molecule has 0 radical (unpaired) electrons. The molecule has 2 aromatic carbocycles. The van der Waals surface area contributed by atoms with Gasteiger partial charge < -0.3 is 9.88 Å². The lowest BCUT2D eigenvalue weighted by molar-refractivity contribution is -0.123. The van der Waals surface area contributed by atoms with Gasteiger partial charge in [-0.3, -0.25) is 9.69 Å². The van der Waals surface area contributed by atoms with Crippen LogP contribution in [0.15, 0.2) is 54.2 Å². The van der Waals surface area contributed by atoms with E-state index in [2.05, 4.69) is 54.9 Å². The highest BCUT2D eigenvalue weighted by Crippen LogP contribution is 2.28. The number of carbonyl (C=O) groups excluding carboxylic acids is 2. The Bertz CT molecular complexity index is 1310. The SMILES string of the molecule is Cc1cc(/C=C2/NC(=O)N(Cc3cc(Cl)ccc3Cl)C2=O)c(C)n1-c1ccc(C(C)(C)C)cc1. The normalized spacial score (nSPS) is 15.4. The molecule has 7 heteroatoms. The van der Waals surface area contributed by atoms with Gasteiger partial charge in [-0.05, 0) is 78.4 Å². The minimum Gasteiger partial charge on any atom is -0.318 e. The van der Waals surface area contributed by atoms with Crippen molar-refractivity contribution in [2.24, 2.45) is 0 Å². The maximum Gasteiger partial charge on any atom is 0.329 e. The van der Waals surface area contributed by atoms with E-state index in [-0.39, 0.29) is 17.7 Å². The number of aromatic nitrogens is 1. The number of aryl methyl sites for hydroxylation is 1. The summed E-state index contributed by atoms with van der Waals surface area (Å²) in [5.74, 6) is -0.402. The molecule has 1 aliphatic rings. The molecule has 5 nitrogen and oxygen atoms in total. The Kier molecular flexibility index (Phi) is 6.36. The molecule has 0 saturated carbocycles. The first-order valence-corrected chi connectivity index (χ1v) is 11.8. The first-order valence-electron chi connectivity index (χ1n) is 11.0. The van der Waals surface area contributed by atoms with E-state index < -0.39 is 11.9 Å². The molecule has 176 valence electrons. The van der Waals surface area contributed by atoms with Gasteiger partial charge in [-0.2, -0.15) is 0 Å². The van der Waals surface area contributed by atoms with Crippen LogP contribution in [0, 0.1) is 13.8 Å². The highest BCUT2D eigenvalue weighted by Gasteiger charge is 2.34. The third kappa shape index (κ3) is 4.63. The van der Waals surface area contributed by atoms with Gasteiger partial charge in [-0.15, -0.1) is 0 Å². The van der Waals surface area contributed by atoms with Crippen molar-refractivity contribution in [2.45, 2.75) is 46.6 Å². The van der Waals surface area contributed by atoms with E-state index in [0.29, 0.717) is 15.6 Å². The Morgan fingerprint density at radius 2 is 1.65 bits per heavy atom. The van der Waals surface area contributed by atoms with E-state index in [1.165, 1.54) is 5.56 Å². The van der Waals surface area contributed by atoms with Crippen LogP contribution < -0.4 is 5.32 Å². The number of carbonyl (C=O) groups is 2. The van der Waals surface area contributed by atoms with Crippen LogP contribution in [0.1, 0.15) is 48.8 Å². The first kappa shape index (κ1) is 24.1. The molecule has 0 bridgehead atoms. The lowest BCUT2D eigenvalue weighted by atomic mass is 9.87. The second kappa shape index (κ2) is 8.97. The smallest absolute Gasteiger partial charge is 0.318 e. The molecule has 34 heavy (non-hydrogen) atoms. The van der Waals surface area contributed by atoms with E-state index in [9.17, 15) is 9.59 Å². The number of nitrogens with zero attached hydrogens (tertiary/aromatic N) is 2. The minimum atomic E-state index is -0.487. The van der Waals surface area contributed by atoms with Crippen LogP contribution in [0.25, 0.3) is 11.8 Å². The second-order valence-corrected chi connectivity index (χ2v) is 10.4. The quantitative estimate of drug-likeness (QED) is 0.319. The summed E-state index contributed by atoms with van der Waals surface area (Å²) < 4.78 is 2.14. The Balaban J connectivity index is 1.62. The monoisotopic (exact) mass is 495 g/mol. The Labute approximate surface area is 210 Å². The van der Waals surface area contributed by atoms with Gasteiger partial charge in [0.1, 0.15) is 5.70 Å². The predicted molar refractivity (Wildman–Crippen MR) is 137 cm³/mol. The molecule has 1 N–H and O–H groups in total. The fourth-order valence-electron chi connectivity index (χ4n) is 4.15. The number of urea groups is 1. The summed E-state index contributed by atoms with van der Waals surface area (Å²) in [6.45, 7) is 10.6. The zero-order valence-electron chi connectivity index (χ0n) is 19.9. The molecule has 1 aliphatic heterocycles. The summed E-state index contributed by atoms with van der Waals surface area (Å²) in [6, 6.07) is 15.0. The zero-order chi connectivity index (χ0) is 24.8. The minimum absolute atomic E-state index is 0.0422. The molecule has 3 amide bonds. The summed E-state index contributed by atoms with van der Waals surface area (Å²) in [7, 11) is 0. The predicted octanol–water partition coefficient (Wildman–Crippen LogP) is 6.79. The molecular formula is C27H27Cl2N3O2. The molecule has 2 heterocycles. The van der Waals surface area contributed by atoms with Crippen molar-refractivity contribution in [2.75, 3.05) is 0 Å². The van der Waals surface area contributed by atoms with E-state index in [1.807, 2.05) is 19.9 Å². The molecule has 0 aliphatic carbocycles. The molecule has 1 saturated heterocycles. The molecule has 4 rings (SSSR count). The van der Waals surface area contributed by atoms with Gasteiger partial charge in [0.15, 0.2) is 0 Å². The third-order valence-corrected chi connectivity index (χ3v) is 6.66. The van der Waals surface area contributed by atoms with Gasteiger partial charge in [0, 0.05) is 27.1 Å². The lowest BCUT2D eigenvalue weighted by Crippen LogP contribution is -2.30. The standard InChI is InChI=1S/C27H27Cl2N3O2/c1-16-12-18(17(2)32(16)22-9-6-20(7-10-22)27(3,4)5)14-24-25(33)31(26(34)30-24)15-19-13-21(28)8-11-23(19)29/h6-14H,15H2,1-5H3,(H,30,34)/b24-14+. The van der Waals surface area contributed by atoms with Crippen molar-refractivity contribution in [3.63, 3.8) is 0 Å². The van der Waals surface area contributed by atoms with E-state index in [0.717, 1.165) is 27.5 Å². The number of hydrogen-bond donors (Lipinski definition) is 1. The van der Waals surface area contributed by atoms with Crippen molar-refractivity contribution in [3.8, 4) is 5.69 Å². The number of rotatable bonds is 4. The highest BCUT2D eigenvalue weighted by atomic mass is 35.5. The first-order chi connectivity index (χ1) is 16.0. The number of imide groups is 1. The molecule has 0 atom stereocenters. The van der Waals surface area contributed by atoms with Gasteiger partial charge in [-0.25, -0.2) is 4.79 Å². The van der Waals surface area contributed by atoms with Crippen LogP contribution in [0.4, 0.5) is 4.79 Å². The molecule has 3 aromatic rings. The maximum atomic E-state index is 13.0. The Hall–Kier alpha value is -3.02. The van der Waals surface area contributed by atoms with E-state index >= 15 is 0 Å². The third-order valence-electron chi connectivity index (χ3n) is 6.06.